The Morgan fingerprint density at radius 1 is 1.64 bits per heavy atom. The van der Waals surface area contributed by atoms with Crippen molar-refractivity contribution in [3.05, 3.63) is 0 Å². The van der Waals surface area contributed by atoms with Crippen LogP contribution >= 0.6 is 0 Å². The summed E-state index contributed by atoms with van der Waals surface area (Å²) in [5, 5.41) is 21.8. The van der Waals surface area contributed by atoms with Crippen LogP contribution in [0.4, 0.5) is 0 Å². The summed E-state index contributed by atoms with van der Waals surface area (Å²) in [5.74, 6) is -2.52. The number of hydrogen-bond donors (Lipinski definition) is 3. The molecular weight excluding hydrogens is 152 g/mol. The maximum atomic E-state index is 9.39. The first-order valence-electron chi connectivity index (χ1n) is 2.62. The van der Waals surface area contributed by atoms with Gasteiger partial charge in [-0.15, -0.1) is 0 Å². The van der Waals surface area contributed by atoms with Gasteiger partial charge in [0.2, 0.25) is 5.84 Å². The number of carbonyl (C=O) groups excluding carboxylic acids is 1. The van der Waals surface area contributed by atoms with Gasteiger partial charge >= 0.3 is 5.97 Å². The molecule has 0 amide bonds. The number of carbonyl (C=O) groups is 2. The molecule has 0 aromatic rings. The van der Waals surface area contributed by atoms with Gasteiger partial charge in [0.25, 0.3) is 0 Å². The van der Waals surface area contributed by atoms with Crippen molar-refractivity contribution in [3.8, 4) is 0 Å². The van der Waals surface area contributed by atoms with Crippen LogP contribution in [0.1, 0.15) is 13.3 Å². The molecule has 0 aliphatic heterocycles. The van der Waals surface area contributed by atoms with Gasteiger partial charge < -0.3 is 15.0 Å². The van der Waals surface area contributed by atoms with E-state index in [-0.39, 0.29) is 0 Å². The molecule has 0 aliphatic carbocycles. The van der Waals surface area contributed by atoms with E-state index in [1.807, 2.05) is 0 Å². The average molecular weight is 162 g/mol. The quantitative estimate of drug-likeness (QED) is 0.219. The molecule has 0 atom stereocenters. The summed E-state index contributed by atoms with van der Waals surface area (Å²) in [6.07, 6.45) is -0.917. The Hall–Kier alpha value is -1.59. The van der Waals surface area contributed by atoms with Crippen molar-refractivity contribution >= 4 is 17.8 Å². The van der Waals surface area contributed by atoms with Gasteiger partial charge in [0.1, 0.15) is 0 Å². The van der Waals surface area contributed by atoms with Gasteiger partial charge in [-0.3, -0.25) is 15.9 Å². The molecule has 0 bridgehead atoms. The van der Waals surface area contributed by atoms with E-state index in [0.29, 0.717) is 5.84 Å². The Kier molecular flexibility index (Phi) is 7.19. The van der Waals surface area contributed by atoms with E-state index >= 15 is 0 Å². The third kappa shape index (κ3) is 59.5. The van der Waals surface area contributed by atoms with E-state index in [1.54, 1.807) is 6.92 Å². The van der Waals surface area contributed by atoms with Crippen molar-refractivity contribution in [1.82, 2.24) is 0 Å². The van der Waals surface area contributed by atoms with Crippen LogP contribution in [0, 0.1) is 0 Å². The highest BCUT2D eigenvalue weighted by Gasteiger charge is 1.92. The molecule has 0 fully saturated rings. The van der Waals surface area contributed by atoms with Crippen molar-refractivity contribution in [2.45, 2.75) is 13.3 Å². The lowest BCUT2D eigenvalue weighted by molar-refractivity contribution is -0.305. The molecule has 0 radical (unpaired) electrons. The molecule has 0 spiro atoms. The van der Waals surface area contributed by atoms with Crippen LogP contribution in [0.5, 0.6) is 0 Å². The minimum absolute atomic E-state index is 0.417. The summed E-state index contributed by atoms with van der Waals surface area (Å²) in [6.45, 7) is 1.64. The first-order chi connectivity index (χ1) is 4.86. The smallest absolute Gasteiger partial charge is 0.309 e. The SMILES string of the molecule is CC(N)=[NH2+].O=C([O-])CC(=O)O. The molecule has 0 rings (SSSR count). The second kappa shape index (κ2) is 6.53. The molecule has 5 N–H and O–H groups in total. The zero-order valence-electron chi connectivity index (χ0n) is 6.03. The standard InChI is InChI=1S/C3H4O4.C2H6N2/c4-2(5)1-3(6)7;1-2(3)4/h1H2,(H,4,5)(H,6,7);1H3,(H3,3,4). The molecule has 0 heterocycles. The minimum atomic E-state index is -1.56. The van der Waals surface area contributed by atoms with Crippen molar-refractivity contribution in [2.24, 2.45) is 5.73 Å². The van der Waals surface area contributed by atoms with Crippen molar-refractivity contribution in [3.63, 3.8) is 0 Å². The lowest BCUT2D eigenvalue weighted by atomic mass is 10.5. The zero-order chi connectivity index (χ0) is 9.44. The highest BCUT2D eigenvalue weighted by atomic mass is 16.4. The highest BCUT2D eigenvalue weighted by Crippen LogP contribution is 1.70. The van der Waals surface area contributed by atoms with E-state index in [2.05, 4.69) is 0 Å². The number of rotatable bonds is 2. The topological polar surface area (TPSA) is 129 Å². The molecule has 64 valence electrons. The summed E-state index contributed by atoms with van der Waals surface area (Å²) in [7, 11) is 0. The summed E-state index contributed by atoms with van der Waals surface area (Å²) in [4.78, 5) is 18.7. The van der Waals surface area contributed by atoms with Crippen LogP contribution < -0.4 is 16.2 Å². The average Bonchev–Trinajstić information content (AvgIpc) is 1.56. The zero-order valence-corrected chi connectivity index (χ0v) is 6.03. The summed E-state index contributed by atoms with van der Waals surface area (Å²) < 4.78 is 0. The Bertz CT molecular complexity index is 150. The van der Waals surface area contributed by atoms with Gasteiger partial charge in [-0.05, 0) is 0 Å². The normalized spacial score (nSPS) is 7.36. The fraction of sp³-hybridized carbons (Fsp3) is 0.400. The number of nitrogens with two attached hydrogens (primary N) is 2. The second-order valence-electron chi connectivity index (χ2n) is 1.69. The fourth-order valence-electron chi connectivity index (χ4n) is 0.123. The first kappa shape index (κ1) is 12.1. The summed E-state index contributed by atoms with van der Waals surface area (Å²) in [5.41, 5.74) is 4.81. The van der Waals surface area contributed by atoms with Crippen LogP contribution in [0.2, 0.25) is 0 Å². The fourth-order valence-corrected chi connectivity index (χ4v) is 0.123. The predicted octanol–water partition coefficient (Wildman–Crippen LogP) is -3.67. The van der Waals surface area contributed by atoms with Crippen molar-refractivity contribution in [1.29, 1.82) is 0 Å². The van der Waals surface area contributed by atoms with Crippen molar-refractivity contribution in [2.75, 3.05) is 0 Å². The monoisotopic (exact) mass is 162 g/mol. The van der Waals surface area contributed by atoms with E-state index in [4.69, 9.17) is 16.2 Å². The lowest BCUT2D eigenvalue weighted by Crippen LogP contribution is -2.43. The Morgan fingerprint density at radius 2 is 1.91 bits per heavy atom. The first-order valence-corrected chi connectivity index (χ1v) is 2.62. The largest absolute Gasteiger partial charge is 0.550 e. The van der Waals surface area contributed by atoms with E-state index in [9.17, 15) is 14.7 Å². The predicted molar refractivity (Wildman–Crippen MR) is 34.1 cm³/mol. The Morgan fingerprint density at radius 3 is 1.91 bits per heavy atom. The molecule has 6 heteroatoms. The molecule has 0 aromatic carbocycles. The highest BCUT2D eigenvalue weighted by molar-refractivity contribution is 5.87. The number of carboxylic acid groups (broad SMARTS) is 2. The third-order valence-corrected chi connectivity index (χ3v) is 0.296. The van der Waals surface area contributed by atoms with Gasteiger partial charge in [-0.1, -0.05) is 0 Å². The maximum Gasteiger partial charge on any atom is 0.309 e. The number of aliphatic carboxylic acids is 2. The molecule has 0 aliphatic rings. The molecule has 0 saturated heterocycles. The second-order valence-corrected chi connectivity index (χ2v) is 1.69. The molecule has 6 nitrogen and oxygen atoms in total. The molecule has 0 unspecified atom stereocenters. The number of amidine groups is 1. The van der Waals surface area contributed by atoms with Crippen LogP contribution in [0.15, 0.2) is 0 Å². The maximum absolute atomic E-state index is 9.39. The van der Waals surface area contributed by atoms with Crippen LogP contribution in [-0.2, 0) is 9.59 Å². The Balaban J connectivity index is 0. The Labute approximate surface area is 63.1 Å². The van der Waals surface area contributed by atoms with E-state index in [1.165, 1.54) is 0 Å². The van der Waals surface area contributed by atoms with Crippen LogP contribution in [0.3, 0.4) is 0 Å². The molecular formula is C5H10N2O4. The van der Waals surface area contributed by atoms with Crippen LogP contribution in [-0.4, -0.2) is 22.9 Å². The van der Waals surface area contributed by atoms with Crippen LogP contribution in [0.25, 0.3) is 0 Å². The van der Waals surface area contributed by atoms with E-state index in [0.717, 1.165) is 0 Å². The van der Waals surface area contributed by atoms with Gasteiger partial charge in [-0.25, -0.2) is 0 Å². The van der Waals surface area contributed by atoms with Crippen molar-refractivity contribution < 1.29 is 25.2 Å². The number of hydrogen-bond acceptors (Lipinski definition) is 3. The van der Waals surface area contributed by atoms with Gasteiger partial charge in [0, 0.05) is 6.92 Å². The number of carboxylic acids is 2. The molecule has 0 aromatic heterocycles. The lowest BCUT2D eigenvalue weighted by Gasteiger charge is -1.91. The van der Waals surface area contributed by atoms with Gasteiger partial charge in [0.05, 0.1) is 12.4 Å². The molecule has 0 saturated carbocycles. The third-order valence-electron chi connectivity index (χ3n) is 0.296. The van der Waals surface area contributed by atoms with Gasteiger partial charge in [-0.2, -0.15) is 0 Å². The molecule has 11 heavy (non-hydrogen) atoms. The van der Waals surface area contributed by atoms with E-state index < -0.39 is 18.4 Å². The van der Waals surface area contributed by atoms with Gasteiger partial charge in [0.15, 0.2) is 0 Å². The summed E-state index contributed by atoms with van der Waals surface area (Å²) >= 11 is 0. The summed E-state index contributed by atoms with van der Waals surface area (Å²) in [6, 6.07) is 0. The minimum Gasteiger partial charge on any atom is -0.550 e.